The maximum Gasteiger partial charge on any atom is 0.325 e. The van der Waals surface area contributed by atoms with Gasteiger partial charge < -0.3 is 15.7 Å². The number of nitrogens with zero attached hydrogens (tertiary/aromatic N) is 1. The Hall–Kier alpha value is -1.14. The summed E-state index contributed by atoms with van der Waals surface area (Å²) in [6.07, 6.45) is -0.749. The van der Waals surface area contributed by atoms with Crippen LogP contribution in [0.4, 0.5) is 4.79 Å². The molecule has 0 aromatic heterocycles. The summed E-state index contributed by atoms with van der Waals surface area (Å²) in [5.74, 6) is -0.300. The quantitative estimate of drug-likeness (QED) is 0.578. The molecule has 0 saturated carbocycles. The maximum absolute atomic E-state index is 11.8. The van der Waals surface area contributed by atoms with Crippen molar-refractivity contribution in [2.75, 3.05) is 13.1 Å². The molecule has 1 heterocycles. The molecule has 6 nitrogen and oxygen atoms in total. The molecule has 3 amide bonds. The second kappa shape index (κ2) is 5.01. The van der Waals surface area contributed by atoms with Crippen molar-refractivity contribution >= 4 is 11.9 Å². The molecule has 17 heavy (non-hydrogen) atoms. The number of carbonyl (C=O) groups excluding carboxylic acids is 2. The first-order valence-electron chi connectivity index (χ1n) is 5.79. The molecule has 1 unspecified atom stereocenters. The summed E-state index contributed by atoms with van der Waals surface area (Å²) in [4.78, 5) is 24.4. The molecule has 0 radical (unpaired) electrons. The number of carbonyl (C=O) groups is 2. The number of aliphatic hydroxyl groups is 1. The summed E-state index contributed by atoms with van der Waals surface area (Å²) in [5, 5.41) is 15.3. The number of nitrogens with one attached hydrogen (secondary N) is 2. The van der Waals surface area contributed by atoms with Gasteiger partial charge in [0.05, 0.1) is 12.6 Å². The largest absolute Gasteiger partial charge is 0.390 e. The van der Waals surface area contributed by atoms with Gasteiger partial charge in [-0.05, 0) is 13.8 Å². The van der Waals surface area contributed by atoms with Gasteiger partial charge in [-0.1, -0.05) is 13.8 Å². The Kier molecular flexibility index (Phi) is 4.11. The van der Waals surface area contributed by atoms with E-state index >= 15 is 0 Å². The fraction of sp³-hybridized carbons (Fsp3) is 0.818. The number of amides is 3. The highest BCUT2D eigenvalue weighted by molar-refractivity contribution is 6.06. The fourth-order valence-electron chi connectivity index (χ4n) is 1.63. The van der Waals surface area contributed by atoms with E-state index in [1.54, 1.807) is 13.8 Å². The first-order valence-corrected chi connectivity index (χ1v) is 5.79. The average Bonchev–Trinajstić information content (AvgIpc) is 2.38. The molecule has 0 aliphatic carbocycles. The van der Waals surface area contributed by atoms with Crippen molar-refractivity contribution in [2.24, 2.45) is 0 Å². The van der Waals surface area contributed by atoms with Crippen molar-refractivity contribution in [3.05, 3.63) is 0 Å². The molecular weight excluding hydrogens is 222 g/mol. The van der Waals surface area contributed by atoms with Crippen LogP contribution < -0.4 is 10.6 Å². The average molecular weight is 243 g/mol. The van der Waals surface area contributed by atoms with Gasteiger partial charge >= 0.3 is 6.03 Å². The minimum atomic E-state index is -0.873. The lowest BCUT2D eigenvalue weighted by atomic mass is 10.1. The third kappa shape index (κ3) is 3.41. The van der Waals surface area contributed by atoms with E-state index in [-0.39, 0.29) is 18.5 Å². The molecule has 0 aromatic carbocycles. The lowest BCUT2D eigenvalue weighted by Crippen LogP contribution is -2.44. The first-order chi connectivity index (χ1) is 7.74. The molecular formula is C11H21N3O3. The van der Waals surface area contributed by atoms with Gasteiger partial charge in [-0.25, -0.2) is 4.79 Å². The summed E-state index contributed by atoms with van der Waals surface area (Å²) in [6.45, 7) is 7.59. The first kappa shape index (κ1) is 13.9. The maximum atomic E-state index is 11.8. The summed E-state index contributed by atoms with van der Waals surface area (Å²) >= 11 is 0. The van der Waals surface area contributed by atoms with E-state index in [1.165, 1.54) is 0 Å². The number of rotatable bonds is 5. The van der Waals surface area contributed by atoms with Gasteiger partial charge in [0.25, 0.3) is 5.91 Å². The Bertz CT molecular complexity index is 315. The highest BCUT2D eigenvalue weighted by Crippen LogP contribution is 2.16. The minimum absolute atomic E-state index is 0.0216. The molecule has 0 aromatic rings. The van der Waals surface area contributed by atoms with Crippen molar-refractivity contribution in [3.63, 3.8) is 0 Å². The monoisotopic (exact) mass is 243 g/mol. The Balaban J connectivity index is 2.52. The lowest BCUT2D eigenvalue weighted by Gasteiger charge is -2.20. The van der Waals surface area contributed by atoms with Crippen LogP contribution in [0.5, 0.6) is 0 Å². The molecule has 1 rings (SSSR count). The van der Waals surface area contributed by atoms with E-state index in [1.807, 2.05) is 13.8 Å². The predicted molar refractivity (Wildman–Crippen MR) is 63.5 cm³/mol. The SMILES string of the molecule is CC(C)NCC(O)CN1C(=O)NC(C)(C)C1=O. The van der Waals surface area contributed by atoms with E-state index in [0.717, 1.165) is 4.90 Å². The molecule has 1 aliphatic rings. The highest BCUT2D eigenvalue weighted by Gasteiger charge is 2.44. The molecule has 0 bridgehead atoms. The van der Waals surface area contributed by atoms with E-state index in [9.17, 15) is 14.7 Å². The molecule has 98 valence electrons. The van der Waals surface area contributed by atoms with Gasteiger partial charge in [0.2, 0.25) is 0 Å². The normalized spacial score (nSPS) is 20.9. The van der Waals surface area contributed by atoms with Crippen LogP contribution >= 0.6 is 0 Å². The molecule has 1 atom stereocenters. The molecule has 1 saturated heterocycles. The third-order valence-electron chi connectivity index (χ3n) is 2.60. The zero-order chi connectivity index (χ0) is 13.2. The number of urea groups is 1. The third-order valence-corrected chi connectivity index (χ3v) is 2.60. The molecule has 3 N–H and O–H groups in total. The van der Waals surface area contributed by atoms with Crippen molar-refractivity contribution < 1.29 is 14.7 Å². The minimum Gasteiger partial charge on any atom is -0.390 e. The van der Waals surface area contributed by atoms with Gasteiger partial charge in [0.1, 0.15) is 5.54 Å². The highest BCUT2D eigenvalue weighted by atomic mass is 16.3. The summed E-state index contributed by atoms with van der Waals surface area (Å²) in [7, 11) is 0. The standard InChI is InChI=1S/C11H21N3O3/c1-7(2)12-5-8(15)6-14-9(16)11(3,4)13-10(14)17/h7-8,12,15H,5-6H2,1-4H3,(H,13,17). The van der Waals surface area contributed by atoms with Crippen LogP contribution in [0.25, 0.3) is 0 Å². The van der Waals surface area contributed by atoms with Crippen LogP contribution in [0.1, 0.15) is 27.7 Å². The second-order valence-corrected chi connectivity index (χ2v) is 5.19. The van der Waals surface area contributed by atoms with Crippen LogP contribution in [0.15, 0.2) is 0 Å². The summed E-state index contributed by atoms with van der Waals surface area (Å²) in [5.41, 5.74) is -0.873. The van der Waals surface area contributed by atoms with Gasteiger partial charge in [-0.3, -0.25) is 9.69 Å². The predicted octanol–water partition coefficient (Wildman–Crippen LogP) is -0.324. The number of hydrogen-bond acceptors (Lipinski definition) is 4. The smallest absolute Gasteiger partial charge is 0.325 e. The van der Waals surface area contributed by atoms with Crippen LogP contribution in [-0.4, -0.2) is 52.7 Å². The van der Waals surface area contributed by atoms with Crippen molar-refractivity contribution in [3.8, 4) is 0 Å². The van der Waals surface area contributed by atoms with Crippen LogP contribution in [-0.2, 0) is 4.79 Å². The zero-order valence-corrected chi connectivity index (χ0v) is 10.8. The number of hydrogen-bond donors (Lipinski definition) is 3. The molecule has 1 aliphatic heterocycles. The van der Waals surface area contributed by atoms with Gasteiger partial charge in [0, 0.05) is 12.6 Å². The van der Waals surface area contributed by atoms with Crippen LogP contribution in [0.2, 0.25) is 0 Å². The topological polar surface area (TPSA) is 81.7 Å². The van der Waals surface area contributed by atoms with Crippen LogP contribution in [0, 0.1) is 0 Å². The van der Waals surface area contributed by atoms with E-state index in [0.29, 0.717) is 6.54 Å². The van der Waals surface area contributed by atoms with Crippen molar-refractivity contribution in [1.29, 1.82) is 0 Å². The summed E-state index contributed by atoms with van der Waals surface area (Å²) in [6, 6.07) is -0.187. The Labute approximate surface area is 101 Å². The molecule has 0 spiro atoms. The zero-order valence-electron chi connectivity index (χ0n) is 10.8. The number of aliphatic hydroxyl groups excluding tert-OH is 1. The van der Waals surface area contributed by atoms with Crippen molar-refractivity contribution in [2.45, 2.75) is 45.4 Å². The molecule has 1 fully saturated rings. The van der Waals surface area contributed by atoms with Gasteiger partial charge in [-0.15, -0.1) is 0 Å². The van der Waals surface area contributed by atoms with E-state index < -0.39 is 17.7 Å². The van der Waals surface area contributed by atoms with Gasteiger partial charge in [-0.2, -0.15) is 0 Å². The van der Waals surface area contributed by atoms with Gasteiger partial charge in [0.15, 0.2) is 0 Å². The molecule has 6 heteroatoms. The lowest BCUT2D eigenvalue weighted by molar-refractivity contribution is -0.131. The Morgan fingerprint density at radius 3 is 2.41 bits per heavy atom. The number of imide groups is 1. The van der Waals surface area contributed by atoms with E-state index in [2.05, 4.69) is 10.6 Å². The summed E-state index contributed by atoms with van der Waals surface area (Å²) < 4.78 is 0. The Morgan fingerprint density at radius 1 is 1.41 bits per heavy atom. The second-order valence-electron chi connectivity index (χ2n) is 5.19. The van der Waals surface area contributed by atoms with Crippen molar-refractivity contribution in [1.82, 2.24) is 15.5 Å². The van der Waals surface area contributed by atoms with Crippen LogP contribution in [0.3, 0.4) is 0 Å². The fourth-order valence-corrected chi connectivity index (χ4v) is 1.63. The Morgan fingerprint density at radius 2 is 2.00 bits per heavy atom. The number of β-amino-alcohol motifs (C(OH)–C–C–N with tert-alkyl or cyclic N) is 1. The van der Waals surface area contributed by atoms with E-state index in [4.69, 9.17) is 0 Å².